The molecule has 0 fully saturated rings. The van der Waals surface area contributed by atoms with Crippen LogP contribution in [0.4, 0.5) is 0 Å². The Balaban J connectivity index is 1.87. The quantitative estimate of drug-likeness (QED) is 0.335. The highest BCUT2D eigenvalue weighted by Gasteiger charge is 2.25. The van der Waals surface area contributed by atoms with Crippen LogP contribution in [0.5, 0.6) is 0 Å². The summed E-state index contributed by atoms with van der Waals surface area (Å²) in [6.07, 6.45) is 5.77. The summed E-state index contributed by atoms with van der Waals surface area (Å²) in [4.78, 5) is 8.40. The van der Waals surface area contributed by atoms with Crippen molar-refractivity contribution in [2.75, 3.05) is 0 Å². The van der Waals surface area contributed by atoms with Gasteiger partial charge in [0.15, 0.2) is 0 Å². The van der Waals surface area contributed by atoms with Crippen molar-refractivity contribution >= 4 is 32.9 Å². The van der Waals surface area contributed by atoms with Crippen LogP contribution in [0.1, 0.15) is 41.6 Å². The second-order valence-electron chi connectivity index (χ2n) is 7.41. The number of rotatable bonds is 2. The topological polar surface area (TPSA) is 36.7 Å². The Morgan fingerprint density at radius 1 is 1.04 bits per heavy atom. The molecule has 0 amide bonds. The highest BCUT2D eigenvalue weighted by Crippen LogP contribution is 2.46. The molecule has 138 valence electrons. The third-order valence-electron chi connectivity index (χ3n) is 5.56. The van der Waals surface area contributed by atoms with Crippen LogP contribution in [0.25, 0.3) is 31.1 Å². The monoisotopic (exact) mass is 400 g/mol. The van der Waals surface area contributed by atoms with E-state index in [4.69, 9.17) is 4.98 Å². The number of nitrogens with zero attached hydrogens (tertiary/aromatic N) is 2. The predicted molar refractivity (Wildman–Crippen MR) is 119 cm³/mol. The summed E-state index contributed by atoms with van der Waals surface area (Å²) < 4.78 is 0. The zero-order valence-corrected chi connectivity index (χ0v) is 17.4. The number of hydrogen-bond donors (Lipinski definition) is 0. The molecule has 0 saturated carbocycles. The molecule has 0 bridgehead atoms. The standard InChI is InChI=1S/C24H20N2S2/c1-15-9-11-16(12-10-15)23-18(14-25)22-21(20-8-5-13-27-20)17-6-3-2-4-7-19(17)26-24(22)28-23/h5,8-13H,2-4,6-7H2,1H3. The number of pyridine rings is 1. The molecule has 4 heteroatoms. The van der Waals surface area contributed by atoms with Gasteiger partial charge >= 0.3 is 0 Å². The third-order valence-corrected chi connectivity index (χ3v) is 7.58. The largest absolute Gasteiger partial charge is 0.242 e. The predicted octanol–water partition coefficient (Wildman–Crippen LogP) is 7.14. The van der Waals surface area contributed by atoms with Gasteiger partial charge in [0, 0.05) is 21.5 Å². The van der Waals surface area contributed by atoms with E-state index in [0.29, 0.717) is 0 Å². The van der Waals surface area contributed by atoms with Crippen LogP contribution < -0.4 is 0 Å². The van der Waals surface area contributed by atoms with Gasteiger partial charge in [0.25, 0.3) is 0 Å². The Hall–Kier alpha value is -2.48. The lowest BCUT2D eigenvalue weighted by molar-refractivity contribution is 0.709. The molecule has 1 aliphatic rings. The maximum atomic E-state index is 10.1. The van der Waals surface area contributed by atoms with Gasteiger partial charge in [-0.15, -0.1) is 22.7 Å². The summed E-state index contributed by atoms with van der Waals surface area (Å²) in [5, 5.41) is 13.3. The molecule has 0 aliphatic heterocycles. The lowest BCUT2D eigenvalue weighted by Crippen LogP contribution is -1.99. The second-order valence-corrected chi connectivity index (χ2v) is 9.36. The van der Waals surface area contributed by atoms with Crippen molar-refractivity contribution in [3.05, 3.63) is 64.2 Å². The van der Waals surface area contributed by atoms with Gasteiger partial charge in [-0.25, -0.2) is 4.98 Å². The molecule has 0 atom stereocenters. The van der Waals surface area contributed by atoms with E-state index in [1.54, 1.807) is 22.7 Å². The summed E-state index contributed by atoms with van der Waals surface area (Å²) in [6.45, 7) is 2.09. The van der Waals surface area contributed by atoms with E-state index in [9.17, 15) is 5.26 Å². The van der Waals surface area contributed by atoms with Crippen LogP contribution in [0.2, 0.25) is 0 Å². The first-order valence-corrected chi connectivity index (χ1v) is 11.4. The van der Waals surface area contributed by atoms with E-state index in [1.165, 1.54) is 46.5 Å². The molecule has 4 aromatic rings. The fraction of sp³-hybridized carbons (Fsp3) is 0.250. The molecule has 1 aliphatic carbocycles. The van der Waals surface area contributed by atoms with Gasteiger partial charge in [-0.3, -0.25) is 0 Å². The van der Waals surface area contributed by atoms with Crippen molar-refractivity contribution in [1.29, 1.82) is 5.26 Å². The molecule has 0 saturated heterocycles. The van der Waals surface area contributed by atoms with Gasteiger partial charge in [0.05, 0.1) is 10.4 Å². The van der Waals surface area contributed by atoms with E-state index in [-0.39, 0.29) is 0 Å². The first-order valence-electron chi connectivity index (χ1n) is 9.75. The number of benzene rings is 1. The van der Waals surface area contributed by atoms with Gasteiger partial charge < -0.3 is 0 Å². The molecule has 1 aromatic carbocycles. The van der Waals surface area contributed by atoms with Crippen LogP contribution in [-0.2, 0) is 12.8 Å². The summed E-state index contributed by atoms with van der Waals surface area (Å²) in [7, 11) is 0. The molecule has 3 aromatic heterocycles. The van der Waals surface area contributed by atoms with E-state index in [1.807, 2.05) is 0 Å². The molecule has 2 nitrogen and oxygen atoms in total. The number of aryl methyl sites for hydroxylation is 2. The van der Waals surface area contributed by atoms with Gasteiger partial charge in [-0.2, -0.15) is 5.26 Å². The van der Waals surface area contributed by atoms with Crippen LogP contribution >= 0.6 is 22.7 Å². The van der Waals surface area contributed by atoms with Crippen molar-refractivity contribution in [3.63, 3.8) is 0 Å². The zero-order chi connectivity index (χ0) is 19.1. The smallest absolute Gasteiger partial charge is 0.126 e. The van der Waals surface area contributed by atoms with E-state index in [2.05, 4.69) is 54.8 Å². The normalized spacial score (nSPS) is 13.9. The Labute approximate surface area is 173 Å². The molecule has 0 N–H and O–H groups in total. The van der Waals surface area contributed by atoms with Gasteiger partial charge in [0.2, 0.25) is 0 Å². The minimum Gasteiger partial charge on any atom is -0.242 e. The van der Waals surface area contributed by atoms with E-state index >= 15 is 0 Å². The number of aromatic nitrogens is 1. The van der Waals surface area contributed by atoms with Crippen molar-refractivity contribution < 1.29 is 0 Å². The highest BCUT2D eigenvalue weighted by molar-refractivity contribution is 7.22. The SMILES string of the molecule is Cc1ccc(-c2sc3nc4c(c(-c5cccs5)c3c2C#N)CCCCC4)cc1. The minimum absolute atomic E-state index is 0.784. The van der Waals surface area contributed by atoms with Crippen molar-refractivity contribution in [2.45, 2.75) is 39.0 Å². The fourth-order valence-electron chi connectivity index (χ4n) is 4.17. The molecular weight excluding hydrogens is 380 g/mol. The summed E-state index contributed by atoms with van der Waals surface area (Å²) in [5.41, 5.74) is 7.01. The Kier molecular flexibility index (Phi) is 4.50. The lowest BCUT2D eigenvalue weighted by Gasteiger charge is -2.13. The lowest BCUT2D eigenvalue weighted by atomic mass is 9.95. The molecule has 3 heterocycles. The van der Waals surface area contributed by atoms with Crippen molar-refractivity contribution in [1.82, 2.24) is 4.98 Å². The number of thiophene rings is 2. The van der Waals surface area contributed by atoms with Crippen molar-refractivity contribution in [3.8, 4) is 27.0 Å². The van der Waals surface area contributed by atoms with Crippen LogP contribution in [0.3, 0.4) is 0 Å². The fourth-order valence-corrected chi connectivity index (χ4v) is 6.13. The summed E-state index contributed by atoms with van der Waals surface area (Å²) in [6, 6.07) is 15.3. The first-order chi connectivity index (χ1) is 13.8. The second kappa shape index (κ2) is 7.16. The van der Waals surface area contributed by atoms with Gasteiger partial charge in [-0.1, -0.05) is 42.3 Å². The van der Waals surface area contributed by atoms with E-state index < -0.39 is 0 Å². The van der Waals surface area contributed by atoms with Crippen LogP contribution in [0.15, 0.2) is 41.8 Å². The molecule has 28 heavy (non-hydrogen) atoms. The minimum atomic E-state index is 0.784. The first kappa shape index (κ1) is 17.6. The third kappa shape index (κ3) is 2.87. The van der Waals surface area contributed by atoms with E-state index in [0.717, 1.165) is 39.1 Å². The van der Waals surface area contributed by atoms with Crippen molar-refractivity contribution in [2.24, 2.45) is 0 Å². The molecule has 0 unspecified atom stereocenters. The van der Waals surface area contributed by atoms with Crippen LogP contribution in [0, 0.1) is 18.3 Å². The maximum Gasteiger partial charge on any atom is 0.126 e. The molecule has 0 radical (unpaired) electrons. The molecule has 0 spiro atoms. The summed E-state index contributed by atoms with van der Waals surface area (Å²) >= 11 is 3.43. The number of nitriles is 1. The Morgan fingerprint density at radius 3 is 2.61 bits per heavy atom. The van der Waals surface area contributed by atoms with Gasteiger partial charge in [0.1, 0.15) is 10.9 Å². The average molecular weight is 401 g/mol. The maximum absolute atomic E-state index is 10.1. The van der Waals surface area contributed by atoms with Gasteiger partial charge in [-0.05, 0) is 55.2 Å². The Morgan fingerprint density at radius 2 is 1.86 bits per heavy atom. The van der Waals surface area contributed by atoms with Crippen LogP contribution in [-0.4, -0.2) is 4.98 Å². The average Bonchev–Trinajstić information content (AvgIpc) is 3.29. The number of fused-ring (bicyclic) bond motifs is 2. The zero-order valence-electron chi connectivity index (χ0n) is 15.8. The highest BCUT2D eigenvalue weighted by atomic mass is 32.1. The molecule has 5 rings (SSSR count). The molecular formula is C24H20N2S2. The Bertz CT molecular complexity index is 1190. The number of hydrogen-bond acceptors (Lipinski definition) is 4. The summed E-state index contributed by atoms with van der Waals surface area (Å²) in [5.74, 6) is 0.